The van der Waals surface area contributed by atoms with Crippen LogP contribution in [0.4, 0.5) is 0 Å². The third-order valence-corrected chi connectivity index (χ3v) is 7.22. The summed E-state index contributed by atoms with van der Waals surface area (Å²) in [5, 5.41) is 0. The van der Waals surface area contributed by atoms with Crippen molar-refractivity contribution >= 4 is 17.7 Å². The first kappa shape index (κ1) is 18.3. The van der Waals surface area contributed by atoms with Gasteiger partial charge in [0.1, 0.15) is 6.61 Å². The van der Waals surface area contributed by atoms with Crippen LogP contribution in [0.2, 0.25) is 0 Å². The summed E-state index contributed by atoms with van der Waals surface area (Å²) < 4.78 is 12.0. The molecule has 1 spiro atoms. The normalized spacial score (nSPS) is 25.0. The van der Waals surface area contributed by atoms with Crippen LogP contribution in [-0.4, -0.2) is 58.2 Å². The smallest absolute Gasteiger partial charge is 0.248 e. The number of aryl methyl sites for hydroxylation is 1. The Kier molecular flexibility index (Phi) is 5.53. The number of carbonyl (C=O) groups excluding carboxylic acids is 1. The number of rotatable bonds is 6. The number of likely N-dealkylation sites (tertiary alicyclic amines) is 1. The van der Waals surface area contributed by atoms with E-state index in [0.29, 0.717) is 12.7 Å². The predicted octanol–water partition coefficient (Wildman–Crippen LogP) is 2.95. The van der Waals surface area contributed by atoms with Crippen molar-refractivity contribution in [3.05, 3.63) is 29.6 Å². The molecule has 3 fully saturated rings. The monoisotopic (exact) mass is 376 g/mol. The summed E-state index contributed by atoms with van der Waals surface area (Å²) in [4.78, 5) is 18.7. The van der Waals surface area contributed by atoms with Gasteiger partial charge in [0.15, 0.2) is 0 Å². The molecule has 1 amide bonds. The molecular weight excluding hydrogens is 348 g/mol. The fourth-order valence-electron chi connectivity index (χ4n) is 4.17. The highest BCUT2D eigenvalue weighted by Crippen LogP contribution is 2.46. The van der Waals surface area contributed by atoms with E-state index in [4.69, 9.17) is 9.47 Å². The lowest BCUT2D eigenvalue weighted by molar-refractivity contribution is -0.143. The van der Waals surface area contributed by atoms with E-state index < -0.39 is 0 Å². The molecule has 3 heterocycles. The molecule has 2 aliphatic heterocycles. The van der Waals surface area contributed by atoms with Crippen LogP contribution in [0, 0.1) is 6.92 Å². The SMILES string of the molecule is Cc1cccc(CO[C@H]2CSC3(C2)CN(C(=O)COC2CCCC2)C3)n1. The Labute approximate surface area is 159 Å². The molecule has 0 radical (unpaired) electrons. The maximum absolute atomic E-state index is 12.3. The van der Waals surface area contributed by atoms with E-state index >= 15 is 0 Å². The highest BCUT2D eigenvalue weighted by Gasteiger charge is 2.50. The van der Waals surface area contributed by atoms with E-state index in [-0.39, 0.29) is 23.4 Å². The number of carbonyl (C=O) groups is 1. The summed E-state index contributed by atoms with van der Waals surface area (Å²) in [6, 6.07) is 6.04. The molecule has 6 heteroatoms. The number of nitrogens with zero attached hydrogens (tertiary/aromatic N) is 2. The van der Waals surface area contributed by atoms with Crippen molar-refractivity contribution in [3.63, 3.8) is 0 Å². The second-order valence-corrected chi connectivity index (χ2v) is 9.36. The number of ether oxygens (including phenoxy) is 2. The molecule has 1 aromatic heterocycles. The molecule has 4 rings (SSSR count). The maximum atomic E-state index is 12.3. The fraction of sp³-hybridized carbons (Fsp3) is 0.700. The van der Waals surface area contributed by atoms with Gasteiger partial charge in [-0.2, -0.15) is 0 Å². The van der Waals surface area contributed by atoms with Gasteiger partial charge < -0.3 is 14.4 Å². The van der Waals surface area contributed by atoms with Gasteiger partial charge in [-0.05, 0) is 38.3 Å². The van der Waals surface area contributed by atoms with Crippen LogP contribution in [0.15, 0.2) is 18.2 Å². The Bertz CT molecular complexity index is 642. The Hall–Kier alpha value is -1.11. The van der Waals surface area contributed by atoms with E-state index in [1.807, 2.05) is 41.8 Å². The van der Waals surface area contributed by atoms with Gasteiger partial charge in [0, 0.05) is 24.5 Å². The summed E-state index contributed by atoms with van der Waals surface area (Å²) in [7, 11) is 0. The van der Waals surface area contributed by atoms with Crippen LogP contribution in [0.25, 0.3) is 0 Å². The summed E-state index contributed by atoms with van der Waals surface area (Å²) in [5.74, 6) is 1.16. The Morgan fingerprint density at radius 1 is 1.27 bits per heavy atom. The highest BCUT2D eigenvalue weighted by molar-refractivity contribution is 8.01. The zero-order valence-electron chi connectivity index (χ0n) is 15.5. The van der Waals surface area contributed by atoms with Gasteiger partial charge in [-0.3, -0.25) is 9.78 Å². The maximum Gasteiger partial charge on any atom is 0.248 e. The lowest BCUT2D eigenvalue weighted by Crippen LogP contribution is -2.61. The van der Waals surface area contributed by atoms with Crippen LogP contribution >= 0.6 is 11.8 Å². The van der Waals surface area contributed by atoms with Crippen LogP contribution < -0.4 is 0 Å². The first-order chi connectivity index (χ1) is 12.6. The molecule has 0 bridgehead atoms. The van der Waals surface area contributed by atoms with Gasteiger partial charge in [0.05, 0.1) is 29.3 Å². The van der Waals surface area contributed by atoms with Crippen molar-refractivity contribution in [2.75, 3.05) is 25.4 Å². The number of pyridine rings is 1. The van der Waals surface area contributed by atoms with Crippen molar-refractivity contribution in [2.24, 2.45) is 0 Å². The van der Waals surface area contributed by atoms with Crippen molar-refractivity contribution in [2.45, 2.75) is 62.6 Å². The van der Waals surface area contributed by atoms with E-state index in [2.05, 4.69) is 4.98 Å². The molecule has 0 aromatic carbocycles. The van der Waals surface area contributed by atoms with E-state index in [9.17, 15) is 4.79 Å². The van der Waals surface area contributed by atoms with Crippen molar-refractivity contribution in [1.29, 1.82) is 0 Å². The van der Waals surface area contributed by atoms with Gasteiger partial charge in [-0.1, -0.05) is 18.9 Å². The molecule has 1 aliphatic carbocycles. The topological polar surface area (TPSA) is 51.7 Å². The van der Waals surface area contributed by atoms with Crippen LogP contribution in [0.5, 0.6) is 0 Å². The van der Waals surface area contributed by atoms with Crippen molar-refractivity contribution < 1.29 is 14.3 Å². The van der Waals surface area contributed by atoms with Gasteiger partial charge >= 0.3 is 0 Å². The molecule has 0 N–H and O–H groups in total. The minimum absolute atomic E-state index is 0.149. The van der Waals surface area contributed by atoms with Crippen molar-refractivity contribution in [1.82, 2.24) is 9.88 Å². The fourth-order valence-corrected chi connectivity index (χ4v) is 5.73. The molecule has 26 heavy (non-hydrogen) atoms. The quantitative estimate of drug-likeness (QED) is 0.764. The Morgan fingerprint density at radius 3 is 2.85 bits per heavy atom. The lowest BCUT2D eigenvalue weighted by atomic mass is 9.93. The largest absolute Gasteiger partial charge is 0.371 e. The first-order valence-corrected chi connectivity index (χ1v) is 10.7. The third-order valence-electron chi connectivity index (χ3n) is 5.64. The van der Waals surface area contributed by atoms with Gasteiger partial charge in [-0.15, -0.1) is 11.8 Å². The zero-order chi connectivity index (χ0) is 18.0. The lowest BCUT2D eigenvalue weighted by Gasteiger charge is -2.47. The third kappa shape index (κ3) is 4.24. The number of hydrogen-bond acceptors (Lipinski definition) is 5. The summed E-state index contributed by atoms with van der Waals surface area (Å²) in [6.45, 7) is 4.51. The number of thioether (sulfide) groups is 1. The number of hydrogen-bond donors (Lipinski definition) is 0. The molecule has 3 aliphatic rings. The van der Waals surface area contributed by atoms with Crippen LogP contribution in [0.1, 0.15) is 43.5 Å². The summed E-state index contributed by atoms with van der Waals surface area (Å²) in [5.41, 5.74) is 2.02. The minimum Gasteiger partial charge on any atom is -0.371 e. The number of aromatic nitrogens is 1. The first-order valence-electron chi connectivity index (χ1n) is 9.69. The van der Waals surface area contributed by atoms with E-state index in [1.165, 1.54) is 12.8 Å². The van der Waals surface area contributed by atoms with Crippen molar-refractivity contribution in [3.8, 4) is 0 Å². The molecule has 1 saturated carbocycles. The van der Waals surface area contributed by atoms with Crippen LogP contribution in [-0.2, 0) is 20.9 Å². The zero-order valence-corrected chi connectivity index (χ0v) is 16.3. The van der Waals surface area contributed by atoms with Crippen LogP contribution in [0.3, 0.4) is 0 Å². The Morgan fingerprint density at radius 2 is 2.08 bits per heavy atom. The average molecular weight is 377 g/mol. The minimum atomic E-state index is 0.149. The average Bonchev–Trinajstić information content (AvgIpc) is 3.26. The molecule has 2 saturated heterocycles. The van der Waals surface area contributed by atoms with E-state index in [1.54, 1.807) is 0 Å². The standard InChI is InChI=1S/C20H28N2O3S/c1-15-5-4-6-16(21-15)10-24-18-9-20(26-12-18)13-22(14-20)19(23)11-25-17-7-2-3-8-17/h4-6,17-18H,2-3,7-14H2,1H3/t18-/m1/s1. The summed E-state index contributed by atoms with van der Waals surface area (Å²) in [6.07, 6.45) is 6.29. The second kappa shape index (κ2) is 7.87. The van der Waals surface area contributed by atoms with Gasteiger partial charge in [-0.25, -0.2) is 0 Å². The molecular formula is C20H28N2O3S. The molecule has 1 aromatic rings. The summed E-state index contributed by atoms with van der Waals surface area (Å²) >= 11 is 1.96. The molecule has 142 valence electrons. The predicted molar refractivity (Wildman–Crippen MR) is 102 cm³/mol. The number of amides is 1. The second-order valence-electron chi connectivity index (χ2n) is 7.87. The van der Waals surface area contributed by atoms with Gasteiger partial charge in [0.25, 0.3) is 0 Å². The molecule has 5 nitrogen and oxygen atoms in total. The molecule has 0 unspecified atom stereocenters. The Balaban J connectivity index is 1.18. The molecule has 1 atom stereocenters. The van der Waals surface area contributed by atoms with E-state index in [0.717, 1.165) is 49.5 Å². The highest BCUT2D eigenvalue weighted by atomic mass is 32.2. The van der Waals surface area contributed by atoms with Gasteiger partial charge in [0.2, 0.25) is 5.91 Å².